The smallest absolute Gasteiger partial charge is 0.251 e. The van der Waals surface area contributed by atoms with E-state index in [0.29, 0.717) is 12.1 Å². The van der Waals surface area contributed by atoms with Crippen LogP contribution >= 0.6 is 0 Å². The van der Waals surface area contributed by atoms with E-state index in [1.807, 2.05) is 30.3 Å². The lowest BCUT2D eigenvalue weighted by Gasteiger charge is -2.26. The van der Waals surface area contributed by atoms with Gasteiger partial charge in [0.25, 0.3) is 5.91 Å². The van der Waals surface area contributed by atoms with Crippen LogP contribution in [0.3, 0.4) is 0 Å². The fourth-order valence-electron chi connectivity index (χ4n) is 3.26. The summed E-state index contributed by atoms with van der Waals surface area (Å²) in [5, 5.41) is 10.9. The van der Waals surface area contributed by atoms with E-state index in [1.54, 1.807) is 6.20 Å². The second-order valence-corrected chi connectivity index (χ2v) is 6.52. The van der Waals surface area contributed by atoms with Crippen LogP contribution in [0.4, 0.5) is 0 Å². The average molecular weight is 353 g/mol. The SMILES string of the molecule is O=C(NCCCN1CCOCC1)c1ccc2[nH]c(-c3ccn[nH]3)cc2c1. The Labute approximate surface area is 151 Å². The Bertz CT molecular complexity index is 865. The Morgan fingerprint density at radius 1 is 1.19 bits per heavy atom. The Morgan fingerprint density at radius 2 is 2.08 bits per heavy atom. The number of nitrogens with one attached hydrogen (secondary N) is 3. The van der Waals surface area contributed by atoms with Crippen LogP contribution < -0.4 is 5.32 Å². The molecule has 7 nitrogen and oxygen atoms in total. The Morgan fingerprint density at radius 3 is 2.88 bits per heavy atom. The molecule has 1 aliphatic heterocycles. The molecule has 1 saturated heterocycles. The molecule has 1 aliphatic rings. The third-order valence-electron chi connectivity index (χ3n) is 4.71. The van der Waals surface area contributed by atoms with Crippen molar-refractivity contribution in [3.05, 3.63) is 42.1 Å². The first kappa shape index (κ1) is 16.8. The van der Waals surface area contributed by atoms with E-state index in [1.165, 1.54) is 0 Å². The molecule has 0 atom stereocenters. The molecule has 2 aromatic heterocycles. The van der Waals surface area contributed by atoms with Gasteiger partial charge in [0, 0.05) is 42.3 Å². The van der Waals surface area contributed by atoms with Gasteiger partial charge < -0.3 is 15.0 Å². The number of rotatable bonds is 6. The lowest BCUT2D eigenvalue weighted by molar-refractivity contribution is 0.0374. The monoisotopic (exact) mass is 353 g/mol. The van der Waals surface area contributed by atoms with Crippen LogP contribution in [0.25, 0.3) is 22.3 Å². The molecule has 0 spiro atoms. The second kappa shape index (κ2) is 7.72. The first-order valence-corrected chi connectivity index (χ1v) is 9.00. The predicted octanol–water partition coefficient (Wildman–Crippen LogP) is 2.01. The van der Waals surface area contributed by atoms with Crippen LogP contribution in [0.2, 0.25) is 0 Å². The number of amides is 1. The highest BCUT2D eigenvalue weighted by Crippen LogP contribution is 2.23. The van der Waals surface area contributed by atoms with Gasteiger partial charge in [-0.1, -0.05) is 0 Å². The summed E-state index contributed by atoms with van der Waals surface area (Å²) in [6.45, 7) is 5.26. The molecule has 0 unspecified atom stereocenters. The van der Waals surface area contributed by atoms with Crippen LogP contribution in [0.15, 0.2) is 36.5 Å². The summed E-state index contributed by atoms with van der Waals surface area (Å²) in [6.07, 6.45) is 2.67. The van der Waals surface area contributed by atoms with Gasteiger partial charge in [0.2, 0.25) is 0 Å². The molecule has 3 heterocycles. The van der Waals surface area contributed by atoms with Crippen LogP contribution in [0.5, 0.6) is 0 Å². The van der Waals surface area contributed by atoms with E-state index in [9.17, 15) is 4.79 Å². The summed E-state index contributed by atoms with van der Waals surface area (Å²) in [5.74, 6) is -0.0295. The fourth-order valence-corrected chi connectivity index (χ4v) is 3.26. The molecule has 1 amide bonds. The molecule has 0 radical (unpaired) electrons. The van der Waals surface area contributed by atoms with E-state index in [2.05, 4.69) is 25.4 Å². The summed E-state index contributed by atoms with van der Waals surface area (Å²) < 4.78 is 5.34. The molecule has 1 aromatic carbocycles. The number of aromatic amines is 2. The second-order valence-electron chi connectivity index (χ2n) is 6.52. The normalized spacial score (nSPS) is 15.4. The number of nitrogens with zero attached hydrogens (tertiary/aromatic N) is 2. The molecule has 3 aromatic rings. The van der Waals surface area contributed by atoms with Crippen molar-refractivity contribution in [3.63, 3.8) is 0 Å². The largest absolute Gasteiger partial charge is 0.379 e. The third kappa shape index (κ3) is 3.79. The highest BCUT2D eigenvalue weighted by atomic mass is 16.5. The van der Waals surface area contributed by atoms with Crippen LogP contribution in [-0.4, -0.2) is 65.4 Å². The number of ether oxygens (including phenoxy) is 1. The molecule has 3 N–H and O–H groups in total. The molecular formula is C19H23N5O2. The van der Waals surface area contributed by atoms with Gasteiger partial charge in [0.15, 0.2) is 0 Å². The summed E-state index contributed by atoms with van der Waals surface area (Å²) in [6, 6.07) is 9.65. The zero-order valence-electron chi connectivity index (χ0n) is 14.6. The van der Waals surface area contributed by atoms with E-state index < -0.39 is 0 Å². The van der Waals surface area contributed by atoms with Crippen molar-refractivity contribution >= 4 is 16.8 Å². The third-order valence-corrected chi connectivity index (χ3v) is 4.71. The highest BCUT2D eigenvalue weighted by Gasteiger charge is 2.11. The van der Waals surface area contributed by atoms with E-state index in [-0.39, 0.29) is 5.91 Å². The Kier molecular flexibility index (Phi) is 4.99. The summed E-state index contributed by atoms with van der Waals surface area (Å²) in [5.41, 5.74) is 3.56. The molecule has 4 rings (SSSR count). The topological polar surface area (TPSA) is 86.0 Å². The highest BCUT2D eigenvalue weighted by molar-refractivity contribution is 5.98. The van der Waals surface area contributed by atoms with Gasteiger partial charge in [-0.15, -0.1) is 0 Å². The van der Waals surface area contributed by atoms with Gasteiger partial charge in [-0.2, -0.15) is 5.10 Å². The number of hydrogen-bond acceptors (Lipinski definition) is 4. The van der Waals surface area contributed by atoms with Crippen molar-refractivity contribution in [2.24, 2.45) is 0 Å². The van der Waals surface area contributed by atoms with Crippen molar-refractivity contribution < 1.29 is 9.53 Å². The maximum Gasteiger partial charge on any atom is 0.251 e. The predicted molar refractivity (Wildman–Crippen MR) is 100 cm³/mol. The lowest BCUT2D eigenvalue weighted by atomic mass is 10.1. The summed E-state index contributed by atoms with van der Waals surface area (Å²) in [7, 11) is 0. The number of fused-ring (bicyclic) bond motifs is 1. The van der Waals surface area contributed by atoms with Gasteiger partial charge in [-0.05, 0) is 43.3 Å². The number of carbonyl (C=O) groups excluding carboxylic acids is 1. The number of carbonyl (C=O) groups is 1. The van der Waals surface area contributed by atoms with Gasteiger partial charge in [-0.3, -0.25) is 14.8 Å². The van der Waals surface area contributed by atoms with Crippen molar-refractivity contribution in [2.45, 2.75) is 6.42 Å². The van der Waals surface area contributed by atoms with Crippen molar-refractivity contribution in [3.8, 4) is 11.4 Å². The first-order valence-electron chi connectivity index (χ1n) is 9.00. The van der Waals surface area contributed by atoms with Crippen molar-refractivity contribution in [1.82, 2.24) is 25.4 Å². The molecule has 0 saturated carbocycles. The van der Waals surface area contributed by atoms with E-state index in [4.69, 9.17) is 4.74 Å². The maximum absolute atomic E-state index is 12.4. The number of benzene rings is 1. The van der Waals surface area contributed by atoms with Crippen LogP contribution in [-0.2, 0) is 4.74 Å². The summed E-state index contributed by atoms with van der Waals surface area (Å²) >= 11 is 0. The van der Waals surface area contributed by atoms with E-state index >= 15 is 0 Å². The zero-order chi connectivity index (χ0) is 17.8. The van der Waals surface area contributed by atoms with Gasteiger partial charge in [0.1, 0.15) is 0 Å². The molecular weight excluding hydrogens is 330 g/mol. The minimum Gasteiger partial charge on any atom is -0.379 e. The standard InChI is InChI=1S/C19H23N5O2/c25-19(20-5-1-7-24-8-10-26-11-9-24)14-2-3-16-15(12-14)13-18(22-16)17-4-6-21-23-17/h2-4,6,12-13,22H,1,5,7-11H2,(H,20,25)(H,21,23). The fraction of sp³-hybridized carbons (Fsp3) is 0.368. The average Bonchev–Trinajstić information content (AvgIpc) is 3.34. The van der Waals surface area contributed by atoms with Crippen LogP contribution in [0, 0.1) is 0 Å². The molecule has 7 heteroatoms. The van der Waals surface area contributed by atoms with Crippen LogP contribution in [0.1, 0.15) is 16.8 Å². The number of morpholine rings is 1. The number of H-pyrrole nitrogens is 2. The first-order chi connectivity index (χ1) is 12.8. The minimum absolute atomic E-state index is 0.0295. The van der Waals surface area contributed by atoms with Gasteiger partial charge in [-0.25, -0.2) is 0 Å². The molecule has 26 heavy (non-hydrogen) atoms. The van der Waals surface area contributed by atoms with Crippen molar-refractivity contribution in [2.75, 3.05) is 39.4 Å². The molecule has 0 bridgehead atoms. The van der Waals surface area contributed by atoms with Gasteiger partial charge in [0.05, 0.1) is 24.6 Å². The summed E-state index contributed by atoms with van der Waals surface area (Å²) in [4.78, 5) is 18.1. The molecule has 0 aliphatic carbocycles. The maximum atomic E-state index is 12.4. The quantitative estimate of drug-likeness (QED) is 0.592. The zero-order valence-corrected chi connectivity index (χ0v) is 14.6. The number of aromatic nitrogens is 3. The Balaban J connectivity index is 1.34. The van der Waals surface area contributed by atoms with Gasteiger partial charge >= 0.3 is 0 Å². The van der Waals surface area contributed by atoms with E-state index in [0.717, 1.165) is 61.6 Å². The number of hydrogen-bond donors (Lipinski definition) is 3. The minimum atomic E-state index is -0.0295. The van der Waals surface area contributed by atoms with Crippen molar-refractivity contribution in [1.29, 1.82) is 0 Å². The lowest BCUT2D eigenvalue weighted by Crippen LogP contribution is -2.38. The Hall–Kier alpha value is -2.64. The molecule has 136 valence electrons. The molecule has 1 fully saturated rings.